The van der Waals surface area contributed by atoms with Crippen molar-refractivity contribution in [3.8, 4) is 12.3 Å². The van der Waals surface area contributed by atoms with E-state index in [4.69, 9.17) is 15.9 Å². The van der Waals surface area contributed by atoms with Gasteiger partial charge in [-0.15, -0.1) is 6.42 Å². The molecule has 0 radical (unpaired) electrons. The zero-order chi connectivity index (χ0) is 30.7. The number of amides is 1. The second kappa shape index (κ2) is 13.5. The summed E-state index contributed by atoms with van der Waals surface area (Å²) in [6.45, 7) is 13.9. The molecule has 4 rings (SSSR count). The minimum atomic E-state index is -0.207. The van der Waals surface area contributed by atoms with Crippen molar-refractivity contribution in [3.63, 3.8) is 0 Å². The molecule has 0 spiro atoms. The Morgan fingerprint density at radius 1 is 1.00 bits per heavy atom. The maximum atomic E-state index is 12.6. The number of fused-ring (bicyclic) bond motifs is 5. The minimum absolute atomic E-state index is 0.0467. The molecule has 4 aliphatic rings. The van der Waals surface area contributed by atoms with Crippen LogP contribution in [0.25, 0.3) is 0 Å². The highest BCUT2D eigenvalue weighted by molar-refractivity contribution is 7.97. The molecule has 0 aromatic rings. The van der Waals surface area contributed by atoms with E-state index in [-0.39, 0.29) is 46.3 Å². The lowest BCUT2D eigenvalue weighted by Gasteiger charge is -2.66. The molecule has 0 aliphatic heterocycles. The molecule has 7 nitrogen and oxygen atoms in total. The molecule has 0 saturated heterocycles. The van der Waals surface area contributed by atoms with Gasteiger partial charge in [-0.2, -0.15) is 0 Å². The highest BCUT2D eigenvalue weighted by Crippen LogP contribution is 2.71. The molecule has 1 amide bonds. The number of terminal acetylenes is 1. The summed E-state index contributed by atoms with van der Waals surface area (Å²) in [4.78, 5) is 36.8. The SMILES string of the molecule is C#CCNSCCNC(=O)CC[C@@H](C)[C@H]1CC[C@H]2[C@@H]3[C@H](OC(C)=O)C[C@]4(C)C[C@H](OC(C)=O)CC[C@]4(C)[C@H]3CC[C@]12C. The van der Waals surface area contributed by atoms with Crippen molar-refractivity contribution in [2.24, 2.45) is 45.8 Å². The molecule has 236 valence electrons. The standard InChI is InChI=1S/C34H54N2O5S/c1-8-17-36-42-19-18-35-30(39)12-9-22(2)26-10-11-27-31-28(14-15-33(26,27)6)34(7)16-13-25(40-23(3)37)20-32(34,5)21-29(31)41-24(4)38/h1,22,25-29,31,36H,9-21H2,2-7H3,(H,35,39)/t22-,25-,26-,27+,28+,29-,31+,32+,33-,34-/m1/s1. The molecule has 0 bridgehead atoms. The van der Waals surface area contributed by atoms with E-state index in [9.17, 15) is 14.4 Å². The quantitative estimate of drug-likeness (QED) is 0.131. The molecule has 8 heteroatoms. The van der Waals surface area contributed by atoms with E-state index in [1.807, 2.05) is 0 Å². The zero-order valence-electron chi connectivity index (χ0n) is 26.8. The van der Waals surface area contributed by atoms with Gasteiger partial charge in [0.15, 0.2) is 0 Å². The van der Waals surface area contributed by atoms with Crippen molar-refractivity contribution in [3.05, 3.63) is 0 Å². The van der Waals surface area contributed by atoms with E-state index < -0.39 is 0 Å². The lowest BCUT2D eigenvalue weighted by molar-refractivity contribution is -0.223. The predicted octanol–water partition coefficient (Wildman–Crippen LogP) is 5.91. The Kier molecular flexibility index (Phi) is 10.7. The molecule has 0 aromatic carbocycles. The fourth-order valence-corrected chi connectivity index (χ4v) is 10.8. The van der Waals surface area contributed by atoms with Gasteiger partial charge < -0.3 is 14.8 Å². The number of esters is 2. The number of nitrogens with one attached hydrogen (secondary N) is 2. The maximum Gasteiger partial charge on any atom is 0.302 e. The summed E-state index contributed by atoms with van der Waals surface area (Å²) >= 11 is 1.54. The highest BCUT2D eigenvalue weighted by atomic mass is 32.2. The van der Waals surface area contributed by atoms with Gasteiger partial charge in [-0.05, 0) is 97.7 Å². The van der Waals surface area contributed by atoms with Crippen LogP contribution in [0.2, 0.25) is 0 Å². The van der Waals surface area contributed by atoms with Crippen LogP contribution < -0.4 is 10.0 Å². The van der Waals surface area contributed by atoms with Crippen LogP contribution in [-0.4, -0.2) is 48.9 Å². The molecule has 42 heavy (non-hydrogen) atoms. The van der Waals surface area contributed by atoms with E-state index >= 15 is 0 Å². The third-order valence-electron chi connectivity index (χ3n) is 12.3. The van der Waals surface area contributed by atoms with Crippen LogP contribution in [-0.2, 0) is 23.9 Å². The second-order valence-electron chi connectivity index (χ2n) is 14.6. The van der Waals surface area contributed by atoms with Crippen LogP contribution in [0, 0.1) is 58.2 Å². The Hall–Kier alpha value is -1.72. The third kappa shape index (κ3) is 6.67. The molecule has 0 heterocycles. The lowest BCUT2D eigenvalue weighted by Crippen LogP contribution is -2.63. The van der Waals surface area contributed by atoms with Crippen LogP contribution in [0.3, 0.4) is 0 Å². The van der Waals surface area contributed by atoms with Crippen molar-refractivity contribution in [2.45, 2.75) is 118 Å². The molecular formula is C34H54N2O5S. The van der Waals surface area contributed by atoms with Crippen molar-refractivity contribution >= 4 is 29.8 Å². The predicted molar refractivity (Wildman–Crippen MR) is 167 cm³/mol. The molecule has 0 unspecified atom stereocenters. The van der Waals surface area contributed by atoms with Crippen LogP contribution in [0.15, 0.2) is 0 Å². The summed E-state index contributed by atoms with van der Waals surface area (Å²) in [6, 6.07) is 0. The van der Waals surface area contributed by atoms with Gasteiger partial charge in [0.05, 0.1) is 6.54 Å². The van der Waals surface area contributed by atoms with Gasteiger partial charge in [0, 0.05) is 38.5 Å². The van der Waals surface area contributed by atoms with Crippen molar-refractivity contribution in [1.29, 1.82) is 0 Å². The molecule has 4 fully saturated rings. The summed E-state index contributed by atoms with van der Waals surface area (Å²) in [5.74, 6) is 5.46. The molecule has 4 saturated carbocycles. The Morgan fingerprint density at radius 3 is 2.43 bits per heavy atom. The third-order valence-corrected chi connectivity index (χ3v) is 13.1. The van der Waals surface area contributed by atoms with Crippen molar-refractivity contribution < 1.29 is 23.9 Å². The molecule has 4 aliphatic carbocycles. The summed E-state index contributed by atoms with van der Waals surface area (Å²) in [7, 11) is 0. The first-order chi connectivity index (χ1) is 19.8. The Balaban J connectivity index is 1.44. The van der Waals surface area contributed by atoms with E-state index in [1.165, 1.54) is 38.1 Å². The van der Waals surface area contributed by atoms with Gasteiger partial charge in [-0.1, -0.05) is 45.6 Å². The van der Waals surface area contributed by atoms with Crippen molar-refractivity contribution in [2.75, 3.05) is 18.8 Å². The van der Waals surface area contributed by atoms with Crippen LogP contribution in [0.1, 0.15) is 106 Å². The first-order valence-corrected chi connectivity index (χ1v) is 17.2. The average Bonchev–Trinajstić information content (AvgIpc) is 3.26. The monoisotopic (exact) mass is 602 g/mol. The van der Waals surface area contributed by atoms with E-state index in [2.05, 4.69) is 43.7 Å². The second-order valence-corrected chi connectivity index (χ2v) is 15.5. The Labute approximate surface area is 258 Å². The Morgan fingerprint density at radius 2 is 1.74 bits per heavy atom. The fraction of sp³-hybridized carbons (Fsp3) is 0.853. The topological polar surface area (TPSA) is 93.7 Å². The van der Waals surface area contributed by atoms with Gasteiger partial charge in [-0.25, -0.2) is 0 Å². The van der Waals surface area contributed by atoms with E-state index in [0.29, 0.717) is 49.1 Å². The summed E-state index contributed by atoms with van der Waals surface area (Å²) < 4.78 is 15.0. The van der Waals surface area contributed by atoms with Gasteiger partial charge in [0.1, 0.15) is 12.2 Å². The summed E-state index contributed by atoms with van der Waals surface area (Å²) in [5, 5.41) is 3.05. The lowest BCUT2D eigenvalue weighted by atomic mass is 9.39. The average molecular weight is 603 g/mol. The van der Waals surface area contributed by atoms with Gasteiger partial charge in [0.2, 0.25) is 5.91 Å². The molecule has 0 aromatic heterocycles. The van der Waals surface area contributed by atoms with Crippen molar-refractivity contribution in [1.82, 2.24) is 10.0 Å². The van der Waals surface area contributed by atoms with Crippen LogP contribution in [0.4, 0.5) is 0 Å². The van der Waals surface area contributed by atoms with E-state index in [1.54, 1.807) is 6.92 Å². The summed E-state index contributed by atoms with van der Waals surface area (Å²) in [6.07, 6.45) is 14.9. The van der Waals surface area contributed by atoms with Crippen LogP contribution in [0.5, 0.6) is 0 Å². The molecular weight excluding hydrogens is 548 g/mol. The smallest absolute Gasteiger partial charge is 0.302 e. The maximum absolute atomic E-state index is 12.6. The number of carbonyl (C=O) groups excluding carboxylic acids is 3. The number of hydrogen-bond acceptors (Lipinski definition) is 7. The zero-order valence-corrected chi connectivity index (χ0v) is 27.6. The van der Waals surface area contributed by atoms with Crippen LogP contribution >= 0.6 is 11.9 Å². The first kappa shape index (κ1) is 33.2. The summed E-state index contributed by atoms with van der Waals surface area (Å²) in [5.41, 5.74) is 0.269. The fourth-order valence-electron chi connectivity index (χ4n) is 10.3. The number of rotatable bonds is 11. The van der Waals surface area contributed by atoms with Gasteiger partial charge >= 0.3 is 11.9 Å². The molecule has 10 atom stereocenters. The Bertz CT molecular complexity index is 1050. The first-order valence-electron chi connectivity index (χ1n) is 16.2. The van der Waals surface area contributed by atoms with E-state index in [0.717, 1.165) is 44.3 Å². The minimum Gasteiger partial charge on any atom is -0.463 e. The largest absolute Gasteiger partial charge is 0.463 e. The van der Waals surface area contributed by atoms with Gasteiger partial charge in [0.25, 0.3) is 0 Å². The number of ether oxygens (including phenoxy) is 2. The number of hydrogen-bond donors (Lipinski definition) is 2. The number of carbonyl (C=O) groups is 3. The normalized spacial score (nSPS) is 39.5. The van der Waals surface area contributed by atoms with Gasteiger partial charge in [-0.3, -0.25) is 19.1 Å². The highest BCUT2D eigenvalue weighted by Gasteiger charge is 2.67. The molecule has 2 N–H and O–H groups in total.